The molecule has 3 fully saturated rings. The number of fused-ring (bicyclic) bond motifs is 3. The number of Topliss-reactive ketones (excluding diaryl/α,β-unsaturated/α-hetero) is 2. The molecule has 2 saturated heterocycles. The second-order valence-electron chi connectivity index (χ2n) is 17.2. The van der Waals surface area contributed by atoms with Crippen LogP contribution >= 0.6 is 0 Å². The molecule has 0 aromatic rings. The third-order valence-corrected chi connectivity index (χ3v) is 12.9. The minimum Gasteiger partial charge on any atom is -0.456 e. The first-order valence-corrected chi connectivity index (χ1v) is 20.8. The smallest absolute Gasteiger partial charge is 0.329 e. The standard InChI is InChI=1S/C43H69NO12/c1-10-30-18-24(2)17-25(3)19-36(53-8)39-37(54-9)21-27(5)43(51,56-39)40(48)41(49)44-16-12-11-13-31(44)42(50)55-38(28(6)33(46)23-34(30)47)26(4)20-29-14-15-32(45)35(22-29)52-7/h18,20,25,27-33,35-39,45-46,51H,10-17,19,21-23H2,1-9H3/b24-18?,26-20+/t25-,27+,28+,29-,30+,31-,32+,33-,35+,36-,37-,38+,39+,43+/m0/s1. The van der Waals surface area contributed by atoms with Gasteiger partial charge in [0.15, 0.2) is 0 Å². The molecule has 1 aliphatic carbocycles. The number of ether oxygens (including phenoxy) is 5. The van der Waals surface area contributed by atoms with Crippen LogP contribution in [0.25, 0.3) is 0 Å². The lowest BCUT2D eigenvalue weighted by Crippen LogP contribution is -2.64. The van der Waals surface area contributed by atoms with Gasteiger partial charge in [-0.05, 0) is 95.5 Å². The fourth-order valence-electron chi connectivity index (χ4n) is 9.39. The molecule has 2 bridgehead atoms. The number of cyclic esters (lactones) is 1. The Bertz CT molecular complexity index is 1430. The van der Waals surface area contributed by atoms with E-state index < -0.39 is 83.9 Å². The average Bonchev–Trinajstić information content (AvgIpc) is 3.18. The molecule has 13 heteroatoms. The largest absolute Gasteiger partial charge is 0.456 e. The summed E-state index contributed by atoms with van der Waals surface area (Å²) in [5, 5.41) is 34.1. The zero-order valence-electron chi connectivity index (χ0n) is 35.1. The quantitative estimate of drug-likeness (QED) is 0.196. The molecule has 0 aromatic heterocycles. The van der Waals surface area contributed by atoms with E-state index in [-0.39, 0.29) is 49.5 Å². The third kappa shape index (κ3) is 10.7. The van der Waals surface area contributed by atoms with Gasteiger partial charge in [-0.2, -0.15) is 0 Å². The van der Waals surface area contributed by atoms with Gasteiger partial charge in [-0.1, -0.05) is 45.4 Å². The number of hydrogen-bond acceptors (Lipinski definition) is 12. The molecule has 1 saturated carbocycles. The van der Waals surface area contributed by atoms with E-state index in [0.717, 1.165) is 5.57 Å². The molecular weight excluding hydrogens is 722 g/mol. The summed E-state index contributed by atoms with van der Waals surface area (Å²) in [5.74, 6) is -7.50. The number of hydrogen-bond donors (Lipinski definition) is 3. The molecule has 1 amide bonds. The fourth-order valence-corrected chi connectivity index (χ4v) is 9.39. The monoisotopic (exact) mass is 791 g/mol. The Morgan fingerprint density at radius 3 is 2.21 bits per heavy atom. The highest BCUT2D eigenvalue weighted by Crippen LogP contribution is 2.39. The lowest BCUT2D eigenvalue weighted by molar-refractivity contribution is -0.302. The van der Waals surface area contributed by atoms with Crippen LogP contribution in [0.4, 0.5) is 0 Å². The summed E-state index contributed by atoms with van der Waals surface area (Å²) in [6.07, 6.45) is 3.72. The number of methoxy groups -OCH3 is 3. The zero-order chi connectivity index (χ0) is 41.5. The van der Waals surface area contributed by atoms with Crippen LogP contribution in [0, 0.1) is 29.6 Å². The van der Waals surface area contributed by atoms with E-state index in [0.29, 0.717) is 56.9 Å². The Hall–Kier alpha value is -2.52. The minimum absolute atomic E-state index is 0.000914. The van der Waals surface area contributed by atoms with Gasteiger partial charge in [-0.15, -0.1) is 0 Å². The normalized spacial score (nSPS) is 40.6. The van der Waals surface area contributed by atoms with E-state index in [1.54, 1.807) is 21.0 Å². The number of aliphatic hydroxyl groups is 3. The Morgan fingerprint density at radius 2 is 1.57 bits per heavy atom. The van der Waals surface area contributed by atoms with Gasteiger partial charge in [-0.25, -0.2) is 4.79 Å². The maximum atomic E-state index is 14.3. The van der Waals surface area contributed by atoms with Gasteiger partial charge in [0.25, 0.3) is 11.7 Å². The number of piperidine rings is 1. The highest BCUT2D eigenvalue weighted by atomic mass is 16.7. The summed E-state index contributed by atoms with van der Waals surface area (Å²) < 4.78 is 29.7. The van der Waals surface area contributed by atoms with E-state index in [2.05, 4.69) is 6.92 Å². The van der Waals surface area contributed by atoms with Gasteiger partial charge in [0.05, 0.1) is 30.5 Å². The van der Waals surface area contributed by atoms with E-state index in [9.17, 15) is 34.5 Å². The van der Waals surface area contributed by atoms with E-state index >= 15 is 0 Å². The first-order chi connectivity index (χ1) is 26.5. The molecule has 0 unspecified atom stereocenters. The zero-order valence-corrected chi connectivity index (χ0v) is 35.1. The van der Waals surface area contributed by atoms with Crippen LogP contribution in [-0.4, -0.2) is 126 Å². The second-order valence-corrected chi connectivity index (χ2v) is 17.2. The molecule has 4 rings (SSSR count). The summed E-state index contributed by atoms with van der Waals surface area (Å²) in [4.78, 5) is 57.6. The van der Waals surface area contributed by atoms with E-state index in [1.807, 2.05) is 32.9 Å². The molecular formula is C43H69NO12. The van der Waals surface area contributed by atoms with Crippen molar-refractivity contribution in [2.45, 2.75) is 167 Å². The van der Waals surface area contributed by atoms with Crippen molar-refractivity contribution in [1.29, 1.82) is 0 Å². The van der Waals surface area contributed by atoms with Gasteiger partial charge in [0.2, 0.25) is 5.79 Å². The van der Waals surface area contributed by atoms with Crippen molar-refractivity contribution in [2.24, 2.45) is 29.6 Å². The molecule has 0 spiro atoms. The van der Waals surface area contributed by atoms with Gasteiger partial charge in [0, 0.05) is 52.0 Å². The van der Waals surface area contributed by atoms with Crippen LogP contribution in [0.3, 0.4) is 0 Å². The number of esters is 1. The number of ketones is 2. The molecule has 3 aliphatic heterocycles. The van der Waals surface area contributed by atoms with Crippen molar-refractivity contribution in [3.8, 4) is 0 Å². The summed E-state index contributed by atoms with van der Waals surface area (Å²) in [6.45, 7) is 11.3. The topological polar surface area (TPSA) is 178 Å². The van der Waals surface area contributed by atoms with Gasteiger partial charge >= 0.3 is 5.97 Å². The highest BCUT2D eigenvalue weighted by Gasteiger charge is 2.56. The summed E-state index contributed by atoms with van der Waals surface area (Å²) in [6, 6.07) is -1.13. The molecule has 56 heavy (non-hydrogen) atoms. The molecule has 3 heterocycles. The van der Waals surface area contributed by atoms with Crippen LogP contribution in [-0.2, 0) is 42.9 Å². The predicted octanol–water partition coefficient (Wildman–Crippen LogP) is 4.47. The van der Waals surface area contributed by atoms with Crippen LogP contribution in [0.5, 0.6) is 0 Å². The molecule has 3 N–H and O–H groups in total. The lowest BCUT2D eigenvalue weighted by atomic mass is 9.81. The van der Waals surface area contributed by atoms with Crippen molar-refractivity contribution >= 4 is 23.4 Å². The number of carbonyl (C=O) groups is 4. The maximum Gasteiger partial charge on any atom is 0.329 e. The number of amides is 1. The lowest BCUT2D eigenvalue weighted by Gasteiger charge is -2.47. The first kappa shape index (κ1) is 46.2. The summed E-state index contributed by atoms with van der Waals surface area (Å²) >= 11 is 0. The van der Waals surface area contributed by atoms with Crippen molar-refractivity contribution in [2.75, 3.05) is 27.9 Å². The Morgan fingerprint density at radius 1 is 0.911 bits per heavy atom. The summed E-state index contributed by atoms with van der Waals surface area (Å²) in [7, 11) is 4.63. The number of nitrogens with zero attached hydrogens (tertiary/aromatic N) is 1. The minimum atomic E-state index is -2.50. The molecule has 318 valence electrons. The van der Waals surface area contributed by atoms with Crippen LogP contribution < -0.4 is 0 Å². The molecule has 0 aromatic carbocycles. The van der Waals surface area contributed by atoms with Crippen molar-refractivity contribution < 1.29 is 58.2 Å². The Labute approximate surface area is 333 Å². The number of rotatable bonds is 6. The Balaban J connectivity index is 1.76. The average molecular weight is 792 g/mol. The van der Waals surface area contributed by atoms with Crippen molar-refractivity contribution in [1.82, 2.24) is 4.90 Å². The van der Waals surface area contributed by atoms with Gasteiger partial charge < -0.3 is 43.9 Å². The number of carbonyl (C=O) groups excluding carboxylic acids is 4. The maximum absolute atomic E-state index is 14.3. The summed E-state index contributed by atoms with van der Waals surface area (Å²) in [5.41, 5.74) is 1.66. The molecule has 13 nitrogen and oxygen atoms in total. The Kier molecular flexibility index (Phi) is 16.9. The predicted molar refractivity (Wildman–Crippen MR) is 208 cm³/mol. The van der Waals surface area contributed by atoms with Crippen LogP contribution in [0.2, 0.25) is 0 Å². The second kappa shape index (κ2) is 20.4. The SMILES string of the molecule is CC[C@@H]1C=C(C)C[C@H](C)C[C@H](OC)[C@H]2O[C@@](O)(C(=O)C(=O)N3CCCC[C@H]3C(=O)O[C@H](/C(C)=C/[C@@H]3CC[C@@H](O)[C@H](OC)C3)[C@H](C)[C@@H](O)CC1=O)[C@H](C)C[C@@H]2OC. The third-order valence-electron chi connectivity index (χ3n) is 12.9. The van der Waals surface area contributed by atoms with Crippen LogP contribution in [0.15, 0.2) is 23.3 Å². The van der Waals surface area contributed by atoms with E-state index in [4.69, 9.17) is 23.7 Å². The molecule has 14 atom stereocenters. The molecule has 0 radical (unpaired) electrons. The highest BCUT2D eigenvalue weighted by molar-refractivity contribution is 6.39. The first-order valence-electron chi connectivity index (χ1n) is 20.8. The number of allylic oxidation sites excluding steroid dienone is 3. The van der Waals surface area contributed by atoms with Crippen LogP contribution in [0.1, 0.15) is 112 Å². The van der Waals surface area contributed by atoms with Gasteiger partial charge in [-0.3, -0.25) is 14.4 Å². The van der Waals surface area contributed by atoms with Crippen molar-refractivity contribution in [3.63, 3.8) is 0 Å². The molecule has 4 aliphatic rings. The van der Waals surface area contributed by atoms with Crippen molar-refractivity contribution in [3.05, 3.63) is 23.3 Å². The van der Waals surface area contributed by atoms with E-state index in [1.165, 1.54) is 19.1 Å². The van der Waals surface area contributed by atoms with Gasteiger partial charge in [0.1, 0.15) is 24.0 Å². The fraction of sp³-hybridized carbons (Fsp3) is 0.814. The number of aliphatic hydroxyl groups excluding tert-OH is 2.